The van der Waals surface area contributed by atoms with Gasteiger partial charge in [0.1, 0.15) is 12.2 Å². The number of methoxy groups -OCH3 is 1. The fourth-order valence-corrected chi connectivity index (χ4v) is 3.47. The summed E-state index contributed by atoms with van der Waals surface area (Å²) < 4.78 is 4.67. The molecule has 0 unspecified atom stereocenters. The summed E-state index contributed by atoms with van der Waals surface area (Å²) in [6.45, 7) is -0.245. The van der Waals surface area contributed by atoms with Gasteiger partial charge in [0, 0.05) is 16.9 Å². The number of fused-ring (bicyclic) bond motifs is 1. The SMILES string of the molecule is COC(=O)c1ccc(NC(=O)CN2C(=O)CC(c3ccc(Cl)cc3)=Nc3cccnc32)cc1. The van der Waals surface area contributed by atoms with Crippen molar-refractivity contribution in [2.24, 2.45) is 4.99 Å². The van der Waals surface area contributed by atoms with E-state index < -0.39 is 11.9 Å². The molecule has 4 rings (SSSR count). The van der Waals surface area contributed by atoms with Crippen molar-refractivity contribution in [3.8, 4) is 0 Å². The van der Waals surface area contributed by atoms with Gasteiger partial charge in [-0.25, -0.2) is 14.8 Å². The van der Waals surface area contributed by atoms with Gasteiger partial charge in [-0.1, -0.05) is 23.7 Å². The Morgan fingerprint density at radius 1 is 1.09 bits per heavy atom. The first-order valence-corrected chi connectivity index (χ1v) is 10.4. The number of aliphatic imine (C=N–C) groups is 1. The van der Waals surface area contributed by atoms with Crippen molar-refractivity contribution in [1.82, 2.24) is 4.98 Å². The van der Waals surface area contributed by atoms with E-state index in [0.717, 1.165) is 5.56 Å². The number of hydrogen-bond acceptors (Lipinski definition) is 6. The van der Waals surface area contributed by atoms with Crippen LogP contribution in [0.4, 0.5) is 17.2 Å². The van der Waals surface area contributed by atoms with E-state index >= 15 is 0 Å². The van der Waals surface area contributed by atoms with Gasteiger partial charge >= 0.3 is 5.97 Å². The number of esters is 1. The molecule has 0 spiro atoms. The van der Waals surface area contributed by atoms with Gasteiger partial charge in [-0.05, 0) is 54.1 Å². The Kier molecular flexibility index (Phi) is 6.46. The van der Waals surface area contributed by atoms with Gasteiger partial charge in [0.25, 0.3) is 0 Å². The van der Waals surface area contributed by atoms with Crippen LogP contribution in [0.1, 0.15) is 22.3 Å². The molecule has 2 amide bonds. The number of pyridine rings is 1. The number of aromatic nitrogens is 1. The van der Waals surface area contributed by atoms with E-state index in [9.17, 15) is 14.4 Å². The van der Waals surface area contributed by atoms with Gasteiger partial charge in [0.05, 0.1) is 24.8 Å². The largest absolute Gasteiger partial charge is 0.465 e. The molecule has 0 saturated heterocycles. The van der Waals surface area contributed by atoms with Crippen LogP contribution in [0.25, 0.3) is 0 Å². The Morgan fingerprint density at radius 3 is 2.52 bits per heavy atom. The van der Waals surface area contributed by atoms with E-state index in [0.29, 0.717) is 33.5 Å². The average Bonchev–Trinajstić information content (AvgIpc) is 2.96. The quantitative estimate of drug-likeness (QED) is 0.577. The molecule has 1 aromatic heterocycles. The molecule has 166 valence electrons. The zero-order valence-corrected chi connectivity index (χ0v) is 18.4. The highest BCUT2D eigenvalue weighted by atomic mass is 35.5. The molecule has 8 nitrogen and oxygen atoms in total. The van der Waals surface area contributed by atoms with Crippen LogP contribution in [-0.2, 0) is 14.3 Å². The second-order valence-electron chi connectivity index (χ2n) is 7.19. The number of ether oxygens (including phenoxy) is 1. The van der Waals surface area contributed by atoms with Crippen molar-refractivity contribution >= 4 is 52.3 Å². The number of carbonyl (C=O) groups excluding carboxylic acids is 3. The summed E-state index contributed by atoms with van der Waals surface area (Å²) >= 11 is 5.98. The summed E-state index contributed by atoms with van der Waals surface area (Å²) in [7, 11) is 1.30. The predicted molar refractivity (Wildman–Crippen MR) is 125 cm³/mol. The van der Waals surface area contributed by atoms with E-state index in [2.05, 4.69) is 20.0 Å². The lowest BCUT2D eigenvalue weighted by molar-refractivity contribution is -0.120. The Labute approximate surface area is 194 Å². The zero-order valence-electron chi connectivity index (χ0n) is 17.6. The number of anilines is 2. The van der Waals surface area contributed by atoms with Crippen LogP contribution in [-0.4, -0.2) is 42.1 Å². The Bertz CT molecular complexity index is 1240. The first-order valence-electron chi connectivity index (χ1n) is 10.0. The fourth-order valence-electron chi connectivity index (χ4n) is 3.35. The minimum atomic E-state index is -0.470. The van der Waals surface area contributed by atoms with Crippen LogP contribution in [0.2, 0.25) is 5.02 Å². The summed E-state index contributed by atoms with van der Waals surface area (Å²) in [5, 5.41) is 3.31. The Balaban J connectivity index is 1.54. The Morgan fingerprint density at radius 2 is 1.82 bits per heavy atom. The average molecular weight is 463 g/mol. The third kappa shape index (κ3) is 5.07. The fraction of sp³-hybridized carbons (Fsp3) is 0.125. The molecule has 9 heteroatoms. The number of amides is 2. The molecular weight excluding hydrogens is 444 g/mol. The number of nitrogens with zero attached hydrogens (tertiary/aromatic N) is 3. The van der Waals surface area contributed by atoms with E-state index in [4.69, 9.17) is 11.6 Å². The molecule has 0 fully saturated rings. The molecule has 1 aliphatic rings. The van der Waals surface area contributed by atoms with Gasteiger partial charge in [-0.15, -0.1) is 0 Å². The van der Waals surface area contributed by atoms with Crippen molar-refractivity contribution in [1.29, 1.82) is 0 Å². The van der Waals surface area contributed by atoms with Gasteiger partial charge in [-0.3, -0.25) is 14.5 Å². The molecule has 0 bridgehead atoms. The third-order valence-corrected chi connectivity index (χ3v) is 5.22. The molecule has 0 saturated carbocycles. The zero-order chi connectivity index (χ0) is 23.4. The highest BCUT2D eigenvalue weighted by Gasteiger charge is 2.27. The van der Waals surface area contributed by atoms with Crippen LogP contribution >= 0.6 is 11.6 Å². The van der Waals surface area contributed by atoms with Gasteiger partial charge in [-0.2, -0.15) is 0 Å². The van der Waals surface area contributed by atoms with Gasteiger partial charge < -0.3 is 10.1 Å². The van der Waals surface area contributed by atoms with Crippen LogP contribution < -0.4 is 10.2 Å². The van der Waals surface area contributed by atoms with Crippen molar-refractivity contribution in [2.45, 2.75) is 6.42 Å². The summed E-state index contributed by atoms with van der Waals surface area (Å²) in [6.07, 6.45) is 1.55. The molecule has 0 radical (unpaired) electrons. The third-order valence-electron chi connectivity index (χ3n) is 4.97. The minimum absolute atomic E-state index is 0.000894. The topological polar surface area (TPSA) is 101 Å². The first-order chi connectivity index (χ1) is 15.9. The van der Waals surface area contributed by atoms with Crippen LogP contribution in [0, 0.1) is 0 Å². The van der Waals surface area contributed by atoms with Gasteiger partial charge in [0.15, 0.2) is 5.82 Å². The maximum atomic E-state index is 13.1. The van der Waals surface area contributed by atoms with Crippen LogP contribution in [0.5, 0.6) is 0 Å². The summed E-state index contributed by atoms with van der Waals surface area (Å²) in [5.41, 5.74) is 2.66. The standard InChI is InChI=1S/C24H19ClN4O4/c1-33-24(32)16-6-10-18(11-7-16)27-21(30)14-29-22(31)13-20(15-4-8-17(25)9-5-15)28-19-3-2-12-26-23(19)29/h2-12H,13-14H2,1H3,(H,27,30). The van der Waals surface area contributed by atoms with E-state index in [1.807, 2.05) is 0 Å². The molecule has 1 N–H and O–H groups in total. The molecule has 1 aliphatic heterocycles. The number of halogens is 1. The summed E-state index contributed by atoms with van der Waals surface area (Å²) in [4.78, 5) is 47.7. The molecule has 2 heterocycles. The van der Waals surface area contributed by atoms with Crippen molar-refractivity contribution in [3.05, 3.63) is 83.0 Å². The number of rotatable bonds is 5. The maximum Gasteiger partial charge on any atom is 0.337 e. The molecule has 0 atom stereocenters. The lowest BCUT2D eigenvalue weighted by Gasteiger charge is -2.20. The lowest BCUT2D eigenvalue weighted by Crippen LogP contribution is -2.39. The first kappa shape index (κ1) is 22.2. The van der Waals surface area contributed by atoms with Crippen LogP contribution in [0.3, 0.4) is 0 Å². The number of hydrogen-bond donors (Lipinski definition) is 1. The Hall–Kier alpha value is -4.04. The van der Waals surface area contributed by atoms with E-state index in [-0.39, 0.29) is 18.9 Å². The lowest BCUT2D eigenvalue weighted by atomic mass is 10.1. The summed E-state index contributed by atoms with van der Waals surface area (Å²) in [6, 6.07) is 16.8. The van der Waals surface area contributed by atoms with Crippen LogP contribution in [0.15, 0.2) is 71.9 Å². The van der Waals surface area contributed by atoms with Gasteiger partial charge in [0.2, 0.25) is 11.8 Å². The summed E-state index contributed by atoms with van der Waals surface area (Å²) in [5.74, 6) is -0.886. The second-order valence-corrected chi connectivity index (χ2v) is 7.62. The van der Waals surface area contributed by atoms with E-state index in [1.54, 1.807) is 66.9 Å². The maximum absolute atomic E-state index is 13.1. The number of benzene rings is 2. The molecular formula is C24H19ClN4O4. The molecule has 0 aliphatic carbocycles. The second kappa shape index (κ2) is 9.62. The van der Waals surface area contributed by atoms with E-state index in [1.165, 1.54) is 12.0 Å². The molecule has 2 aromatic carbocycles. The molecule has 33 heavy (non-hydrogen) atoms. The minimum Gasteiger partial charge on any atom is -0.465 e. The smallest absolute Gasteiger partial charge is 0.337 e. The monoisotopic (exact) mass is 462 g/mol. The van der Waals surface area contributed by atoms with Crippen molar-refractivity contribution in [3.63, 3.8) is 0 Å². The van der Waals surface area contributed by atoms with Crippen molar-refractivity contribution in [2.75, 3.05) is 23.9 Å². The normalized spacial score (nSPS) is 13.0. The molecule has 3 aromatic rings. The number of carbonyl (C=O) groups is 3. The highest BCUT2D eigenvalue weighted by molar-refractivity contribution is 6.30. The number of nitrogens with one attached hydrogen (secondary N) is 1. The predicted octanol–water partition coefficient (Wildman–Crippen LogP) is 4.02. The highest BCUT2D eigenvalue weighted by Crippen LogP contribution is 2.31. The van der Waals surface area contributed by atoms with Crippen molar-refractivity contribution < 1.29 is 19.1 Å².